The third kappa shape index (κ3) is 16.1. The first kappa shape index (κ1) is 17.3. The summed E-state index contributed by atoms with van der Waals surface area (Å²) >= 11 is 0. The molecule has 0 heterocycles. The van der Waals surface area contributed by atoms with Gasteiger partial charge in [0.25, 0.3) is 0 Å². The minimum atomic E-state index is -0.914. The van der Waals surface area contributed by atoms with Gasteiger partial charge in [0.15, 0.2) is 0 Å². The molecule has 0 amide bonds. The number of carboxylic acids is 1. The molecule has 0 aliphatic carbocycles. The molecule has 0 unspecified atom stereocenters. The number of aliphatic carboxylic acids is 1. The van der Waals surface area contributed by atoms with Crippen LogP contribution in [0.3, 0.4) is 0 Å². The van der Waals surface area contributed by atoms with Gasteiger partial charge in [0.2, 0.25) is 0 Å². The molecule has 4 heteroatoms. The Bertz CT molecular complexity index is 132. The Balaban J connectivity index is -0.000000245. The van der Waals surface area contributed by atoms with Gasteiger partial charge in [0.05, 0.1) is 0 Å². The number of carboxylic acid groups (broad SMARTS) is 1. The van der Waals surface area contributed by atoms with E-state index in [0.29, 0.717) is 0 Å². The SMILES string of the molecule is C/C=C/C=C/C(=O)O.[CaH2].[NaH]. The summed E-state index contributed by atoms with van der Waals surface area (Å²) in [5, 5.41) is 8.02. The van der Waals surface area contributed by atoms with E-state index in [1.54, 1.807) is 12.2 Å². The number of carbonyl (C=O) groups is 1. The fourth-order valence-electron chi connectivity index (χ4n) is 0.249. The number of allylic oxidation sites excluding steroid dienone is 3. The van der Waals surface area contributed by atoms with Crippen molar-refractivity contribution in [3.05, 3.63) is 24.3 Å². The Labute approximate surface area is 113 Å². The molecule has 0 fully saturated rings. The molecule has 0 radical (unpaired) electrons. The van der Waals surface area contributed by atoms with Crippen LogP contribution in [0.1, 0.15) is 6.92 Å². The number of rotatable bonds is 2. The molecule has 0 aliphatic heterocycles. The van der Waals surface area contributed by atoms with Gasteiger partial charge in [0, 0.05) is 6.08 Å². The summed E-state index contributed by atoms with van der Waals surface area (Å²) in [6.45, 7) is 1.83. The van der Waals surface area contributed by atoms with Crippen LogP contribution in [0.15, 0.2) is 24.3 Å². The molecule has 2 nitrogen and oxygen atoms in total. The van der Waals surface area contributed by atoms with Crippen LogP contribution in [0.4, 0.5) is 0 Å². The average Bonchev–Trinajstić information content (AvgIpc) is 1.66. The normalized spacial score (nSPS) is 8.90. The van der Waals surface area contributed by atoms with E-state index in [2.05, 4.69) is 0 Å². The zero-order valence-electron chi connectivity index (χ0n) is 4.66. The van der Waals surface area contributed by atoms with Gasteiger partial charge in [-0.15, -0.1) is 0 Å². The maximum absolute atomic E-state index is 9.75. The molecule has 0 spiro atoms. The van der Waals surface area contributed by atoms with Gasteiger partial charge in [-0.2, -0.15) is 0 Å². The summed E-state index contributed by atoms with van der Waals surface area (Å²) in [7, 11) is 0. The van der Waals surface area contributed by atoms with E-state index in [4.69, 9.17) is 5.11 Å². The first-order valence-electron chi connectivity index (χ1n) is 2.29. The van der Waals surface area contributed by atoms with E-state index < -0.39 is 5.97 Å². The van der Waals surface area contributed by atoms with Crippen LogP contribution in [0.2, 0.25) is 0 Å². The van der Waals surface area contributed by atoms with E-state index in [-0.39, 0.29) is 67.3 Å². The van der Waals surface area contributed by atoms with Crippen molar-refractivity contribution in [2.24, 2.45) is 0 Å². The van der Waals surface area contributed by atoms with Gasteiger partial charge in [-0.05, 0) is 6.92 Å². The van der Waals surface area contributed by atoms with E-state index in [1.807, 2.05) is 6.92 Å². The van der Waals surface area contributed by atoms with Crippen molar-refractivity contribution in [2.45, 2.75) is 6.92 Å². The molecule has 0 aromatic heterocycles. The molecule has 0 bridgehead atoms. The maximum atomic E-state index is 9.75. The second kappa shape index (κ2) is 12.8. The molecular formula is C6H11CaNaO2. The van der Waals surface area contributed by atoms with E-state index in [9.17, 15) is 4.79 Å². The fraction of sp³-hybridized carbons (Fsp3) is 0.167. The van der Waals surface area contributed by atoms with Gasteiger partial charge >= 0.3 is 73.3 Å². The molecule has 10 heavy (non-hydrogen) atoms. The Kier molecular flexibility index (Phi) is 22.3. The van der Waals surface area contributed by atoms with E-state index >= 15 is 0 Å². The standard InChI is InChI=1S/C6H8O2.Ca.Na.3H/c1-2-3-4-5-6(7)8;;;;;/h2-5H,1H3,(H,7,8);;;;;/b3-2+,5-4+;;;;;. The zero-order valence-corrected chi connectivity index (χ0v) is 4.66. The van der Waals surface area contributed by atoms with Crippen molar-refractivity contribution < 1.29 is 9.90 Å². The van der Waals surface area contributed by atoms with Crippen LogP contribution < -0.4 is 0 Å². The molecule has 0 rings (SSSR count). The summed E-state index contributed by atoms with van der Waals surface area (Å²) in [5.74, 6) is -0.914. The molecule has 50 valence electrons. The second-order valence-electron chi connectivity index (χ2n) is 1.22. The van der Waals surface area contributed by atoms with Crippen LogP contribution in [-0.4, -0.2) is 78.4 Å². The molecule has 1 N–H and O–H groups in total. The van der Waals surface area contributed by atoms with Crippen molar-refractivity contribution in [1.82, 2.24) is 0 Å². The topological polar surface area (TPSA) is 37.3 Å². The van der Waals surface area contributed by atoms with Crippen LogP contribution >= 0.6 is 0 Å². The van der Waals surface area contributed by atoms with Crippen molar-refractivity contribution in [1.29, 1.82) is 0 Å². The molecule has 0 aromatic carbocycles. The Morgan fingerprint density at radius 1 is 1.40 bits per heavy atom. The van der Waals surface area contributed by atoms with E-state index in [1.165, 1.54) is 6.08 Å². The molecule has 0 saturated carbocycles. The number of hydrogen-bond donors (Lipinski definition) is 1. The summed E-state index contributed by atoms with van der Waals surface area (Å²) in [4.78, 5) is 9.75. The van der Waals surface area contributed by atoms with Crippen LogP contribution in [0.25, 0.3) is 0 Å². The second-order valence-corrected chi connectivity index (χ2v) is 1.22. The first-order chi connectivity index (χ1) is 3.77. The Hall–Kier alpha value is 1.21. The predicted molar refractivity (Wildman–Crippen MR) is 47.3 cm³/mol. The van der Waals surface area contributed by atoms with Gasteiger partial charge in [-0.25, -0.2) is 4.79 Å². The zero-order chi connectivity index (χ0) is 6.41. The van der Waals surface area contributed by atoms with Crippen LogP contribution in [-0.2, 0) is 4.79 Å². The van der Waals surface area contributed by atoms with Gasteiger partial charge < -0.3 is 5.11 Å². The van der Waals surface area contributed by atoms with Crippen molar-refractivity contribution in [2.75, 3.05) is 0 Å². The summed E-state index contributed by atoms with van der Waals surface area (Å²) < 4.78 is 0. The Morgan fingerprint density at radius 2 is 1.90 bits per heavy atom. The van der Waals surface area contributed by atoms with Crippen molar-refractivity contribution in [3.8, 4) is 0 Å². The minimum absolute atomic E-state index is 0. The van der Waals surface area contributed by atoms with Crippen molar-refractivity contribution >= 4 is 73.3 Å². The summed E-state index contributed by atoms with van der Waals surface area (Å²) in [5.41, 5.74) is 0. The van der Waals surface area contributed by atoms with Gasteiger partial charge in [-0.1, -0.05) is 18.2 Å². The van der Waals surface area contributed by atoms with Crippen LogP contribution in [0.5, 0.6) is 0 Å². The number of hydrogen-bond acceptors (Lipinski definition) is 1. The molecule has 0 atom stereocenters. The monoisotopic (exact) mass is 178 g/mol. The molecule has 0 aliphatic rings. The van der Waals surface area contributed by atoms with Crippen LogP contribution in [0, 0.1) is 0 Å². The summed E-state index contributed by atoms with van der Waals surface area (Å²) in [6, 6.07) is 0. The fourth-order valence-corrected chi connectivity index (χ4v) is 0.249. The molecular weight excluding hydrogens is 167 g/mol. The third-order valence-corrected chi connectivity index (χ3v) is 0.542. The van der Waals surface area contributed by atoms with Gasteiger partial charge in [0.1, 0.15) is 0 Å². The summed E-state index contributed by atoms with van der Waals surface area (Å²) in [6.07, 6.45) is 5.98. The van der Waals surface area contributed by atoms with Gasteiger partial charge in [-0.3, -0.25) is 0 Å². The molecule has 0 saturated heterocycles. The first-order valence-corrected chi connectivity index (χ1v) is 2.29. The molecule has 0 aromatic rings. The van der Waals surface area contributed by atoms with Crippen molar-refractivity contribution in [3.63, 3.8) is 0 Å². The third-order valence-electron chi connectivity index (χ3n) is 0.542. The Morgan fingerprint density at radius 3 is 2.20 bits per heavy atom. The average molecular weight is 178 g/mol. The predicted octanol–water partition coefficient (Wildman–Crippen LogP) is -0.361. The quantitative estimate of drug-likeness (QED) is 0.356. The van der Waals surface area contributed by atoms with E-state index in [0.717, 1.165) is 6.08 Å².